The Morgan fingerprint density at radius 1 is 1.53 bits per heavy atom. The lowest BCUT2D eigenvalue weighted by Gasteiger charge is -2.09. The smallest absolute Gasteiger partial charge is 0.293 e. The summed E-state index contributed by atoms with van der Waals surface area (Å²) in [6, 6.07) is 0. The molecule has 2 heterocycles. The lowest BCUT2D eigenvalue weighted by atomic mass is 10.3. The van der Waals surface area contributed by atoms with E-state index in [-0.39, 0.29) is 24.2 Å². The van der Waals surface area contributed by atoms with Gasteiger partial charge in [0, 0.05) is 20.1 Å². The number of aryl methyl sites for hydroxylation is 1. The molecule has 6 nitrogen and oxygen atoms in total. The highest BCUT2D eigenvalue weighted by Gasteiger charge is 2.34. The molecule has 0 aromatic carbocycles. The summed E-state index contributed by atoms with van der Waals surface area (Å²) in [7, 11) is 1.82. The minimum Gasteiger partial charge on any atom is -0.334 e. The minimum atomic E-state index is -0.286. The SMILES string of the molecule is Cn1cncc1C=C1SC(=O)N(CCN)C1=O. The molecule has 0 aliphatic carbocycles. The van der Waals surface area contributed by atoms with Crippen molar-refractivity contribution in [2.24, 2.45) is 12.8 Å². The second kappa shape index (κ2) is 4.72. The van der Waals surface area contributed by atoms with E-state index in [0.717, 1.165) is 22.4 Å². The van der Waals surface area contributed by atoms with Crippen LogP contribution in [0.2, 0.25) is 0 Å². The predicted molar refractivity (Wildman–Crippen MR) is 64.9 cm³/mol. The van der Waals surface area contributed by atoms with Crippen LogP contribution in [0.3, 0.4) is 0 Å². The van der Waals surface area contributed by atoms with Crippen LogP contribution >= 0.6 is 11.8 Å². The molecule has 90 valence electrons. The standard InChI is InChI=1S/C10H12N4O2S/c1-13-6-12-5-7(13)4-8-9(15)14(3-2-11)10(16)17-8/h4-6H,2-3,11H2,1H3. The zero-order chi connectivity index (χ0) is 12.4. The number of nitrogens with zero attached hydrogens (tertiary/aromatic N) is 3. The molecular formula is C10H12N4O2S. The van der Waals surface area contributed by atoms with Gasteiger partial charge in [-0.3, -0.25) is 14.5 Å². The maximum Gasteiger partial charge on any atom is 0.293 e. The molecule has 0 unspecified atom stereocenters. The number of carbonyl (C=O) groups is 2. The third-order valence-corrected chi connectivity index (χ3v) is 3.27. The monoisotopic (exact) mass is 252 g/mol. The van der Waals surface area contributed by atoms with E-state index < -0.39 is 0 Å². The van der Waals surface area contributed by atoms with Crippen molar-refractivity contribution in [2.45, 2.75) is 0 Å². The number of aromatic nitrogens is 2. The van der Waals surface area contributed by atoms with Crippen molar-refractivity contribution >= 4 is 29.0 Å². The van der Waals surface area contributed by atoms with E-state index in [1.165, 1.54) is 0 Å². The average Bonchev–Trinajstić information content (AvgIpc) is 2.79. The summed E-state index contributed by atoms with van der Waals surface area (Å²) in [5.41, 5.74) is 6.13. The molecule has 1 aromatic heterocycles. The first-order valence-electron chi connectivity index (χ1n) is 5.05. The molecule has 0 spiro atoms. The fraction of sp³-hybridized carbons (Fsp3) is 0.300. The van der Waals surface area contributed by atoms with Crippen molar-refractivity contribution in [1.29, 1.82) is 0 Å². The van der Waals surface area contributed by atoms with Crippen LogP contribution in [0.1, 0.15) is 5.69 Å². The van der Waals surface area contributed by atoms with Gasteiger partial charge in [0.1, 0.15) is 0 Å². The Balaban J connectivity index is 2.25. The summed E-state index contributed by atoms with van der Waals surface area (Å²) >= 11 is 0.931. The summed E-state index contributed by atoms with van der Waals surface area (Å²) in [6.45, 7) is 0.532. The van der Waals surface area contributed by atoms with Gasteiger partial charge in [0.05, 0.1) is 23.1 Å². The number of hydrogen-bond donors (Lipinski definition) is 1. The van der Waals surface area contributed by atoms with Crippen molar-refractivity contribution in [3.8, 4) is 0 Å². The number of imidazole rings is 1. The Labute approximate surface area is 102 Å². The number of imide groups is 1. The molecule has 0 atom stereocenters. The Morgan fingerprint density at radius 3 is 2.88 bits per heavy atom. The normalized spacial score (nSPS) is 18.5. The third kappa shape index (κ3) is 2.25. The van der Waals surface area contributed by atoms with E-state index in [9.17, 15) is 9.59 Å². The zero-order valence-corrected chi connectivity index (χ0v) is 10.1. The van der Waals surface area contributed by atoms with Gasteiger partial charge in [-0.15, -0.1) is 0 Å². The molecule has 0 saturated carbocycles. The van der Waals surface area contributed by atoms with Gasteiger partial charge in [-0.25, -0.2) is 4.98 Å². The van der Waals surface area contributed by atoms with Crippen LogP contribution in [0.25, 0.3) is 6.08 Å². The van der Waals surface area contributed by atoms with Crippen LogP contribution in [-0.4, -0.2) is 38.7 Å². The van der Waals surface area contributed by atoms with Gasteiger partial charge >= 0.3 is 0 Å². The van der Waals surface area contributed by atoms with Crippen molar-refractivity contribution in [3.05, 3.63) is 23.1 Å². The number of hydrogen-bond acceptors (Lipinski definition) is 5. The van der Waals surface area contributed by atoms with E-state index in [1.54, 1.807) is 23.2 Å². The molecular weight excluding hydrogens is 240 g/mol. The van der Waals surface area contributed by atoms with Crippen LogP contribution in [0, 0.1) is 0 Å². The number of rotatable bonds is 3. The summed E-state index contributed by atoms with van der Waals surface area (Å²) in [4.78, 5) is 28.9. The van der Waals surface area contributed by atoms with Crippen molar-refractivity contribution in [3.63, 3.8) is 0 Å². The van der Waals surface area contributed by atoms with Crippen LogP contribution in [0.4, 0.5) is 4.79 Å². The lowest BCUT2D eigenvalue weighted by Crippen LogP contribution is -2.33. The number of carbonyl (C=O) groups excluding carboxylic acids is 2. The zero-order valence-electron chi connectivity index (χ0n) is 9.29. The molecule has 7 heteroatoms. The molecule has 1 fully saturated rings. The van der Waals surface area contributed by atoms with E-state index in [1.807, 2.05) is 7.05 Å². The molecule has 2 amide bonds. The van der Waals surface area contributed by atoms with Crippen molar-refractivity contribution in [2.75, 3.05) is 13.1 Å². The van der Waals surface area contributed by atoms with Gasteiger partial charge in [0.25, 0.3) is 11.1 Å². The van der Waals surface area contributed by atoms with E-state index >= 15 is 0 Å². The second-order valence-corrected chi connectivity index (χ2v) is 4.54. The van der Waals surface area contributed by atoms with Crippen molar-refractivity contribution < 1.29 is 9.59 Å². The Hall–Kier alpha value is -1.60. The number of thioether (sulfide) groups is 1. The maximum atomic E-state index is 11.9. The molecule has 2 rings (SSSR count). The van der Waals surface area contributed by atoms with Crippen LogP contribution < -0.4 is 5.73 Å². The van der Waals surface area contributed by atoms with E-state index in [2.05, 4.69) is 4.98 Å². The summed E-state index contributed by atoms with van der Waals surface area (Å²) in [5.74, 6) is -0.286. The molecule has 1 aliphatic heterocycles. The first-order valence-corrected chi connectivity index (χ1v) is 5.87. The number of nitrogens with two attached hydrogens (primary N) is 1. The highest BCUT2D eigenvalue weighted by molar-refractivity contribution is 8.18. The number of amides is 2. The molecule has 1 saturated heterocycles. The Morgan fingerprint density at radius 2 is 2.29 bits per heavy atom. The highest BCUT2D eigenvalue weighted by Crippen LogP contribution is 2.31. The molecule has 1 aliphatic rings. The topological polar surface area (TPSA) is 81.2 Å². The van der Waals surface area contributed by atoms with Gasteiger partial charge < -0.3 is 10.3 Å². The largest absolute Gasteiger partial charge is 0.334 e. The van der Waals surface area contributed by atoms with Gasteiger partial charge in [-0.2, -0.15) is 0 Å². The molecule has 0 radical (unpaired) electrons. The fourth-order valence-corrected chi connectivity index (χ4v) is 2.31. The molecule has 2 N–H and O–H groups in total. The highest BCUT2D eigenvalue weighted by atomic mass is 32.2. The molecule has 1 aromatic rings. The first kappa shape index (κ1) is 11.9. The summed E-state index contributed by atoms with van der Waals surface area (Å²) in [6.07, 6.45) is 4.93. The van der Waals surface area contributed by atoms with Gasteiger partial charge in [0.2, 0.25) is 0 Å². The second-order valence-electron chi connectivity index (χ2n) is 3.55. The summed E-state index contributed by atoms with van der Waals surface area (Å²) in [5, 5.41) is -0.270. The van der Waals surface area contributed by atoms with Gasteiger partial charge in [0.15, 0.2) is 0 Å². The Bertz CT molecular complexity index is 494. The van der Waals surface area contributed by atoms with E-state index in [4.69, 9.17) is 5.73 Å². The van der Waals surface area contributed by atoms with Gasteiger partial charge in [-0.1, -0.05) is 0 Å². The third-order valence-electron chi connectivity index (χ3n) is 2.36. The van der Waals surface area contributed by atoms with Gasteiger partial charge in [-0.05, 0) is 17.8 Å². The molecule has 17 heavy (non-hydrogen) atoms. The van der Waals surface area contributed by atoms with E-state index in [0.29, 0.717) is 4.91 Å². The van der Waals surface area contributed by atoms with Crippen LogP contribution in [-0.2, 0) is 11.8 Å². The quantitative estimate of drug-likeness (QED) is 0.788. The Kier molecular flexibility index (Phi) is 3.30. The average molecular weight is 252 g/mol. The van der Waals surface area contributed by atoms with Crippen LogP contribution in [0.5, 0.6) is 0 Å². The maximum absolute atomic E-state index is 11.9. The van der Waals surface area contributed by atoms with Crippen LogP contribution in [0.15, 0.2) is 17.4 Å². The molecule has 0 bridgehead atoms. The predicted octanol–water partition coefficient (Wildman–Crippen LogP) is 0.415. The van der Waals surface area contributed by atoms with Crippen molar-refractivity contribution in [1.82, 2.24) is 14.5 Å². The summed E-state index contributed by atoms with van der Waals surface area (Å²) < 4.78 is 1.77. The lowest BCUT2D eigenvalue weighted by molar-refractivity contribution is -0.122. The minimum absolute atomic E-state index is 0.257. The fourth-order valence-electron chi connectivity index (χ4n) is 1.46. The first-order chi connectivity index (χ1) is 8.13.